The molecule has 0 saturated heterocycles. The summed E-state index contributed by atoms with van der Waals surface area (Å²) in [6.07, 6.45) is 0. The van der Waals surface area contributed by atoms with E-state index in [-0.39, 0.29) is 0 Å². The van der Waals surface area contributed by atoms with Gasteiger partial charge in [0, 0.05) is 37.1 Å². The Morgan fingerprint density at radius 3 is 1.63 bits per heavy atom. The third-order valence-corrected chi connectivity index (χ3v) is 11.4. The number of hydrogen-bond acceptors (Lipinski definition) is 2. The molecule has 2 heteroatoms. The first-order valence-corrected chi connectivity index (χ1v) is 18.6. The fraction of sp³-hybridized carbons (Fsp3) is 0. The van der Waals surface area contributed by atoms with E-state index >= 15 is 0 Å². The molecule has 0 unspecified atom stereocenters. The molecule has 0 radical (unpaired) electrons. The van der Waals surface area contributed by atoms with E-state index in [9.17, 15) is 0 Å². The van der Waals surface area contributed by atoms with E-state index in [4.69, 9.17) is 0 Å². The van der Waals surface area contributed by atoms with Crippen LogP contribution in [0.3, 0.4) is 0 Å². The highest BCUT2D eigenvalue weighted by Crippen LogP contribution is 2.44. The first-order valence-electron chi connectivity index (χ1n) is 17.8. The molecule has 1 heterocycles. The fourth-order valence-corrected chi connectivity index (χ4v) is 8.85. The maximum atomic E-state index is 2.40. The number of anilines is 3. The molecule has 0 N–H and O–H groups in total. The van der Waals surface area contributed by atoms with Crippen molar-refractivity contribution in [1.29, 1.82) is 0 Å². The van der Waals surface area contributed by atoms with Crippen LogP contribution < -0.4 is 4.90 Å². The van der Waals surface area contributed by atoms with E-state index in [2.05, 4.69) is 205 Å². The number of hydrogen-bond donors (Lipinski definition) is 0. The molecule has 10 aromatic rings. The minimum Gasteiger partial charge on any atom is -0.310 e. The van der Waals surface area contributed by atoms with Crippen LogP contribution in [0.4, 0.5) is 17.1 Å². The molecule has 0 bridgehead atoms. The van der Waals surface area contributed by atoms with Crippen LogP contribution in [0.1, 0.15) is 0 Å². The average molecular weight is 680 g/mol. The molecule has 1 aromatic heterocycles. The highest BCUT2D eigenvalue weighted by molar-refractivity contribution is 7.26. The van der Waals surface area contributed by atoms with Gasteiger partial charge in [-0.25, -0.2) is 0 Å². The monoisotopic (exact) mass is 679 g/mol. The van der Waals surface area contributed by atoms with Gasteiger partial charge in [-0.05, 0) is 97.9 Å². The van der Waals surface area contributed by atoms with E-state index in [1.54, 1.807) is 0 Å². The Morgan fingerprint density at radius 1 is 0.327 bits per heavy atom. The van der Waals surface area contributed by atoms with E-state index in [1.165, 1.54) is 75.1 Å². The van der Waals surface area contributed by atoms with Crippen LogP contribution >= 0.6 is 11.3 Å². The molecule has 0 aliphatic heterocycles. The number of thiophene rings is 1. The smallest absolute Gasteiger partial charge is 0.0540 e. The van der Waals surface area contributed by atoms with Crippen molar-refractivity contribution in [2.75, 3.05) is 4.90 Å². The van der Waals surface area contributed by atoms with Gasteiger partial charge in [-0.15, -0.1) is 11.3 Å². The van der Waals surface area contributed by atoms with Gasteiger partial charge in [0.25, 0.3) is 0 Å². The van der Waals surface area contributed by atoms with Crippen molar-refractivity contribution >= 4 is 70.1 Å². The summed E-state index contributed by atoms with van der Waals surface area (Å²) in [7, 11) is 0. The molecule has 244 valence electrons. The van der Waals surface area contributed by atoms with Gasteiger partial charge < -0.3 is 4.90 Å². The summed E-state index contributed by atoms with van der Waals surface area (Å²) in [5.41, 5.74) is 10.6. The minimum absolute atomic E-state index is 1.11. The Balaban J connectivity index is 1.10. The van der Waals surface area contributed by atoms with E-state index in [1.807, 2.05) is 11.3 Å². The van der Waals surface area contributed by atoms with Gasteiger partial charge in [0.1, 0.15) is 0 Å². The van der Waals surface area contributed by atoms with Crippen molar-refractivity contribution in [3.05, 3.63) is 200 Å². The Morgan fingerprint density at radius 2 is 0.865 bits per heavy atom. The van der Waals surface area contributed by atoms with E-state index in [0.717, 1.165) is 17.1 Å². The molecule has 1 nitrogen and oxygen atoms in total. The van der Waals surface area contributed by atoms with E-state index < -0.39 is 0 Å². The van der Waals surface area contributed by atoms with Gasteiger partial charge in [0.15, 0.2) is 0 Å². The largest absolute Gasteiger partial charge is 0.310 e. The van der Waals surface area contributed by atoms with Crippen LogP contribution in [-0.4, -0.2) is 0 Å². The lowest BCUT2D eigenvalue weighted by Gasteiger charge is -2.28. The van der Waals surface area contributed by atoms with Crippen molar-refractivity contribution in [2.45, 2.75) is 0 Å². The summed E-state index contributed by atoms with van der Waals surface area (Å²) in [5.74, 6) is 0. The molecule has 0 aliphatic rings. The van der Waals surface area contributed by atoms with Gasteiger partial charge in [0.2, 0.25) is 0 Å². The minimum atomic E-state index is 1.11. The zero-order chi connectivity index (χ0) is 34.4. The fourth-order valence-electron chi connectivity index (χ4n) is 7.75. The molecular formula is C50H33NS. The summed E-state index contributed by atoms with van der Waals surface area (Å²) in [6.45, 7) is 0. The number of fused-ring (bicyclic) bond motifs is 6. The predicted octanol–water partition coefficient (Wildman–Crippen LogP) is 14.8. The summed E-state index contributed by atoms with van der Waals surface area (Å²) in [4.78, 5) is 2.40. The first-order chi connectivity index (χ1) is 25.8. The standard InChI is InChI=1S/C50H33NS/c1-2-11-34(12-3-1)35-21-27-40(28-22-35)51(47-20-9-8-18-45(47)44-19-10-15-37-13-4-6-16-42(37)44)41-29-23-36(24-30-41)39-26-31-48-46(33-39)50-43-17-7-5-14-38(43)25-32-49(50)52-48/h1-33H. The lowest BCUT2D eigenvalue weighted by atomic mass is 9.96. The summed E-state index contributed by atoms with van der Waals surface area (Å²) in [6, 6.07) is 72.9. The number of benzene rings is 9. The van der Waals surface area contributed by atoms with Crippen molar-refractivity contribution in [2.24, 2.45) is 0 Å². The quantitative estimate of drug-likeness (QED) is 0.169. The van der Waals surface area contributed by atoms with Crippen molar-refractivity contribution < 1.29 is 0 Å². The number of para-hydroxylation sites is 1. The maximum absolute atomic E-state index is 2.40. The van der Waals surface area contributed by atoms with Gasteiger partial charge in [-0.2, -0.15) is 0 Å². The first kappa shape index (κ1) is 30.4. The van der Waals surface area contributed by atoms with Crippen LogP contribution in [0.15, 0.2) is 200 Å². The van der Waals surface area contributed by atoms with Crippen molar-refractivity contribution in [1.82, 2.24) is 0 Å². The topological polar surface area (TPSA) is 3.24 Å². The molecule has 10 rings (SSSR count). The third-order valence-electron chi connectivity index (χ3n) is 10.3. The number of nitrogens with zero attached hydrogens (tertiary/aromatic N) is 1. The molecule has 9 aromatic carbocycles. The molecule has 0 aliphatic carbocycles. The second-order valence-corrected chi connectivity index (χ2v) is 14.4. The average Bonchev–Trinajstić information content (AvgIpc) is 3.60. The number of rotatable bonds is 6. The van der Waals surface area contributed by atoms with Gasteiger partial charge in [-0.1, -0.05) is 152 Å². The zero-order valence-electron chi connectivity index (χ0n) is 28.4. The van der Waals surface area contributed by atoms with Gasteiger partial charge in [0.05, 0.1) is 5.69 Å². The van der Waals surface area contributed by atoms with Crippen LogP contribution in [0, 0.1) is 0 Å². The zero-order valence-corrected chi connectivity index (χ0v) is 29.2. The Kier molecular flexibility index (Phi) is 7.41. The second-order valence-electron chi connectivity index (χ2n) is 13.3. The summed E-state index contributed by atoms with van der Waals surface area (Å²) >= 11 is 1.87. The van der Waals surface area contributed by atoms with Gasteiger partial charge >= 0.3 is 0 Å². The SMILES string of the molecule is c1ccc(-c2ccc(N(c3ccc(-c4ccc5sc6ccc7ccccc7c6c5c4)cc3)c3ccccc3-c3cccc4ccccc34)cc2)cc1. The molecule has 0 saturated carbocycles. The molecule has 0 atom stereocenters. The lowest BCUT2D eigenvalue weighted by molar-refractivity contribution is 1.28. The molecule has 0 fully saturated rings. The van der Waals surface area contributed by atoms with Crippen molar-refractivity contribution in [3.63, 3.8) is 0 Å². The van der Waals surface area contributed by atoms with Crippen LogP contribution in [0.25, 0.3) is 75.1 Å². The Hall–Kier alpha value is -6.48. The van der Waals surface area contributed by atoms with Gasteiger partial charge in [-0.3, -0.25) is 0 Å². The van der Waals surface area contributed by atoms with Crippen LogP contribution in [0.2, 0.25) is 0 Å². The highest BCUT2D eigenvalue weighted by atomic mass is 32.1. The molecule has 52 heavy (non-hydrogen) atoms. The van der Waals surface area contributed by atoms with Crippen LogP contribution in [-0.2, 0) is 0 Å². The molecule has 0 amide bonds. The Bertz CT molecular complexity index is 2880. The second kappa shape index (κ2) is 12.7. The normalized spacial score (nSPS) is 11.5. The van der Waals surface area contributed by atoms with Crippen molar-refractivity contribution in [3.8, 4) is 33.4 Å². The van der Waals surface area contributed by atoms with Crippen LogP contribution in [0.5, 0.6) is 0 Å². The Labute approximate surface area is 307 Å². The summed E-state index contributed by atoms with van der Waals surface area (Å²) < 4.78 is 2.65. The lowest BCUT2D eigenvalue weighted by Crippen LogP contribution is -2.11. The third kappa shape index (κ3) is 5.24. The highest BCUT2D eigenvalue weighted by Gasteiger charge is 2.19. The maximum Gasteiger partial charge on any atom is 0.0540 e. The molecular weight excluding hydrogens is 647 g/mol. The molecule has 0 spiro atoms. The summed E-state index contributed by atoms with van der Waals surface area (Å²) in [5, 5.41) is 7.76. The van der Waals surface area contributed by atoms with E-state index in [0.29, 0.717) is 0 Å². The predicted molar refractivity (Wildman–Crippen MR) is 225 cm³/mol.